The standard InChI is InChI=1S/C30H45N3O/c1-28(2,3)21-13-11-20(12-14-21)27-31-23-9-7-8-10-24(23)33(27)18-16-26(34)32-25-19-22-15-17-30(25,6)29(22,4)5/h7-10,20-22,25H,11-19H2,1-6H3,(H,32,34)/t20-,21+,22?,25-,30+/m1/s1. The van der Waals surface area contributed by atoms with E-state index in [2.05, 4.69) is 75.7 Å². The van der Waals surface area contributed by atoms with Crippen molar-refractivity contribution in [2.75, 3.05) is 0 Å². The average Bonchev–Trinajstić information content (AvgIpc) is 3.33. The van der Waals surface area contributed by atoms with Gasteiger partial charge in [0.25, 0.3) is 0 Å². The van der Waals surface area contributed by atoms with Gasteiger partial charge in [-0.2, -0.15) is 0 Å². The molecule has 1 amide bonds. The quantitative estimate of drug-likeness (QED) is 0.515. The lowest BCUT2D eigenvalue weighted by molar-refractivity contribution is -0.123. The summed E-state index contributed by atoms with van der Waals surface area (Å²) in [6.07, 6.45) is 9.18. The second-order valence-electron chi connectivity index (χ2n) is 13.5. The molecule has 1 N–H and O–H groups in total. The van der Waals surface area contributed by atoms with Gasteiger partial charge in [0.1, 0.15) is 5.82 Å². The van der Waals surface area contributed by atoms with E-state index in [1.54, 1.807) is 0 Å². The van der Waals surface area contributed by atoms with E-state index in [1.807, 2.05) is 0 Å². The maximum absolute atomic E-state index is 13.2. The predicted molar refractivity (Wildman–Crippen MR) is 140 cm³/mol. The Morgan fingerprint density at radius 3 is 2.41 bits per heavy atom. The summed E-state index contributed by atoms with van der Waals surface area (Å²) in [4.78, 5) is 18.3. The van der Waals surface area contributed by atoms with E-state index in [0.29, 0.717) is 29.2 Å². The molecule has 1 unspecified atom stereocenters. The van der Waals surface area contributed by atoms with Gasteiger partial charge < -0.3 is 9.88 Å². The Kier molecular flexibility index (Phi) is 5.89. The summed E-state index contributed by atoms with van der Waals surface area (Å²) < 4.78 is 2.36. The number of aromatic nitrogens is 2. The lowest BCUT2D eigenvalue weighted by Crippen LogP contribution is -2.47. The molecule has 3 atom stereocenters. The summed E-state index contributed by atoms with van der Waals surface area (Å²) in [5, 5.41) is 3.47. The van der Waals surface area contributed by atoms with Crippen LogP contribution in [-0.4, -0.2) is 21.5 Å². The van der Waals surface area contributed by atoms with Crippen LogP contribution < -0.4 is 5.32 Å². The summed E-state index contributed by atoms with van der Waals surface area (Å²) in [5.74, 6) is 3.44. The molecule has 3 aliphatic carbocycles. The number of benzene rings is 1. The highest BCUT2D eigenvalue weighted by Crippen LogP contribution is 2.65. The summed E-state index contributed by atoms with van der Waals surface area (Å²) in [6.45, 7) is 15.1. The van der Waals surface area contributed by atoms with Crippen molar-refractivity contribution in [2.45, 2.75) is 111 Å². The molecule has 1 heterocycles. The molecule has 1 aromatic carbocycles. The van der Waals surface area contributed by atoms with Crippen molar-refractivity contribution in [3.63, 3.8) is 0 Å². The molecule has 3 fully saturated rings. The molecule has 4 heteroatoms. The number of carbonyl (C=O) groups excluding carboxylic acids is 1. The van der Waals surface area contributed by atoms with E-state index in [1.165, 1.54) is 49.9 Å². The number of carbonyl (C=O) groups is 1. The van der Waals surface area contributed by atoms with Crippen LogP contribution in [0.1, 0.15) is 105 Å². The summed E-state index contributed by atoms with van der Waals surface area (Å²) in [7, 11) is 0. The van der Waals surface area contributed by atoms with Crippen molar-refractivity contribution in [1.29, 1.82) is 0 Å². The van der Waals surface area contributed by atoms with Crippen LogP contribution in [0.4, 0.5) is 0 Å². The summed E-state index contributed by atoms with van der Waals surface area (Å²) >= 11 is 0. The van der Waals surface area contributed by atoms with E-state index >= 15 is 0 Å². The topological polar surface area (TPSA) is 46.9 Å². The van der Waals surface area contributed by atoms with Crippen molar-refractivity contribution < 1.29 is 4.79 Å². The zero-order chi connectivity index (χ0) is 24.3. The van der Waals surface area contributed by atoms with Crippen LogP contribution >= 0.6 is 0 Å². The monoisotopic (exact) mass is 463 g/mol. The highest BCUT2D eigenvalue weighted by atomic mass is 16.1. The number of nitrogens with one attached hydrogen (secondary N) is 1. The third kappa shape index (κ3) is 3.89. The van der Waals surface area contributed by atoms with Crippen LogP contribution in [0.15, 0.2) is 24.3 Å². The first-order valence-electron chi connectivity index (χ1n) is 13.8. The fourth-order valence-electron chi connectivity index (χ4n) is 7.76. The Balaban J connectivity index is 1.29. The number of hydrogen-bond acceptors (Lipinski definition) is 2. The number of rotatable bonds is 5. The van der Waals surface area contributed by atoms with Gasteiger partial charge in [-0.1, -0.05) is 53.7 Å². The molecule has 4 nitrogen and oxygen atoms in total. The molecule has 3 saturated carbocycles. The molecule has 186 valence electrons. The van der Waals surface area contributed by atoms with Crippen molar-refractivity contribution in [3.8, 4) is 0 Å². The molecule has 34 heavy (non-hydrogen) atoms. The molecule has 2 bridgehead atoms. The molecule has 0 radical (unpaired) electrons. The molecule has 0 saturated heterocycles. The molecule has 0 spiro atoms. The van der Waals surface area contributed by atoms with Gasteiger partial charge in [0.15, 0.2) is 0 Å². The molecular weight excluding hydrogens is 418 g/mol. The second kappa shape index (κ2) is 8.38. The van der Waals surface area contributed by atoms with Gasteiger partial charge in [0.05, 0.1) is 11.0 Å². The number of para-hydroxylation sites is 2. The van der Waals surface area contributed by atoms with Crippen LogP contribution in [0.25, 0.3) is 11.0 Å². The number of aryl methyl sites for hydroxylation is 1. The fraction of sp³-hybridized carbons (Fsp3) is 0.733. The van der Waals surface area contributed by atoms with E-state index in [-0.39, 0.29) is 11.3 Å². The van der Waals surface area contributed by atoms with Crippen LogP contribution in [-0.2, 0) is 11.3 Å². The summed E-state index contributed by atoms with van der Waals surface area (Å²) in [5.41, 5.74) is 3.18. The Hall–Kier alpha value is -1.84. The minimum atomic E-state index is 0.203. The minimum Gasteiger partial charge on any atom is -0.353 e. The number of imidazole rings is 1. The zero-order valence-corrected chi connectivity index (χ0v) is 22.3. The third-order valence-corrected chi connectivity index (χ3v) is 10.7. The third-order valence-electron chi connectivity index (χ3n) is 10.7. The number of fused-ring (bicyclic) bond motifs is 3. The van der Waals surface area contributed by atoms with Crippen LogP contribution in [0.3, 0.4) is 0 Å². The summed E-state index contributed by atoms with van der Waals surface area (Å²) in [6, 6.07) is 8.78. The van der Waals surface area contributed by atoms with E-state index in [4.69, 9.17) is 4.98 Å². The van der Waals surface area contributed by atoms with Gasteiger partial charge >= 0.3 is 0 Å². The van der Waals surface area contributed by atoms with Crippen molar-refractivity contribution in [2.24, 2.45) is 28.1 Å². The van der Waals surface area contributed by atoms with Gasteiger partial charge in [-0.15, -0.1) is 0 Å². The molecular formula is C30H45N3O. The number of amides is 1. The first kappa shape index (κ1) is 23.9. The SMILES string of the molecule is CC1(C)C2CC[C@@]1(C)[C@H](NC(=O)CCn1c3ccccc3nc1[C@H]1CC[C@@H](C(C)(C)C)CC1)C2. The van der Waals surface area contributed by atoms with Gasteiger partial charge in [-0.3, -0.25) is 4.79 Å². The van der Waals surface area contributed by atoms with Crippen molar-refractivity contribution in [1.82, 2.24) is 14.9 Å². The van der Waals surface area contributed by atoms with Crippen LogP contribution in [0, 0.1) is 28.1 Å². The highest BCUT2D eigenvalue weighted by molar-refractivity contribution is 5.78. The fourth-order valence-corrected chi connectivity index (χ4v) is 7.76. The Morgan fingerprint density at radius 2 is 1.79 bits per heavy atom. The zero-order valence-electron chi connectivity index (χ0n) is 22.3. The Bertz CT molecular complexity index is 1050. The first-order chi connectivity index (χ1) is 16.0. The predicted octanol–water partition coefficient (Wildman–Crippen LogP) is 7.08. The van der Waals surface area contributed by atoms with Crippen LogP contribution in [0.5, 0.6) is 0 Å². The maximum Gasteiger partial charge on any atom is 0.222 e. The maximum atomic E-state index is 13.2. The Labute approximate surface area is 206 Å². The van der Waals surface area contributed by atoms with E-state index in [0.717, 1.165) is 30.3 Å². The van der Waals surface area contributed by atoms with Crippen LogP contribution in [0.2, 0.25) is 0 Å². The second-order valence-corrected chi connectivity index (χ2v) is 13.5. The first-order valence-corrected chi connectivity index (χ1v) is 13.8. The Morgan fingerprint density at radius 1 is 1.09 bits per heavy atom. The number of hydrogen-bond donors (Lipinski definition) is 1. The highest BCUT2D eigenvalue weighted by Gasteiger charge is 2.61. The minimum absolute atomic E-state index is 0.203. The van der Waals surface area contributed by atoms with E-state index in [9.17, 15) is 4.79 Å². The number of nitrogens with zero attached hydrogens (tertiary/aromatic N) is 2. The average molecular weight is 464 g/mol. The lowest BCUT2D eigenvalue weighted by Gasteiger charge is -2.39. The van der Waals surface area contributed by atoms with Crippen molar-refractivity contribution >= 4 is 16.9 Å². The molecule has 2 aromatic rings. The van der Waals surface area contributed by atoms with Gasteiger partial charge in [0, 0.05) is 24.9 Å². The largest absolute Gasteiger partial charge is 0.353 e. The van der Waals surface area contributed by atoms with Gasteiger partial charge in [-0.25, -0.2) is 4.98 Å². The molecule has 3 aliphatic rings. The van der Waals surface area contributed by atoms with Gasteiger partial charge in [-0.05, 0) is 85.2 Å². The lowest BCUT2D eigenvalue weighted by atomic mass is 9.69. The smallest absolute Gasteiger partial charge is 0.222 e. The van der Waals surface area contributed by atoms with E-state index < -0.39 is 0 Å². The van der Waals surface area contributed by atoms with Crippen molar-refractivity contribution in [3.05, 3.63) is 30.1 Å². The molecule has 5 rings (SSSR count). The van der Waals surface area contributed by atoms with Gasteiger partial charge in [0.2, 0.25) is 5.91 Å². The normalized spacial score (nSPS) is 32.9. The molecule has 0 aliphatic heterocycles. The molecule has 1 aromatic heterocycles.